The van der Waals surface area contributed by atoms with Crippen LogP contribution in [0.3, 0.4) is 0 Å². The highest BCUT2D eigenvalue weighted by atomic mass is 19.4. The average Bonchev–Trinajstić information content (AvgIpc) is 2.64. The summed E-state index contributed by atoms with van der Waals surface area (Å²) in [4.78, 5) is 3.71. The molecule has 1 aromatic heterocycles. The molecule has 5 nitrogen and oxygen atoms in total. The van der Waals surface area contributed by atoms with E-state index in [1.807, 2.05) is 0 Å². The van der Waals surface area contributed by atoms with Gasteiger partial charge < -0.3 is 15.0 Å². The van der Waals surface area contributed by atoms with Crippen LogP contribution in [0.4, 0.5) is 13.2 Å². The minimum atomic E-state index is -4.34. The Morgan fingerprint density at radius 2 is 2.18 bits per heavy atom. The lowest BCUT2D eigenvalue weighted by molar-refractivity contribution is -0.128. The van der Waals surface area contributed by atoms with Crippen LogP contribution in [-0.4, -0.2) is 35.6 Å². The van der Waals surface area contributed by atoms with Crippen molar-refractivity contribution in [1.82, 2.24) is 10.1 Å². The highest BCUT2D eigenvalue weighted by Crippen LogP contribution is 2.25. The van der Waals surface area contributed by atoms with Gasteiger partial charge in [-0.2, -0.15) is 18.2 Å². The summed E-state index contributed by atoms with van der Waals surface area (Å²) in [7, 11) is 0. The number of rotatable bonds is 2. The molecule has 0 aromatic carbocycles. The van der Waals surface area contributed by atoms with Crippen LogP contribution < -0.4 is 5.73 Å². The Bertz CT molecular complexity index is 380. The topological polar surface area (TPSA) is 74.2 Å². The fourth-order valence-electron chi connectivity index (χ4n) is 1.68. The van der Waals surface area contributed by atoms with E-state index in [9.17, 15) is 13.2 Å². The third-order valence-corrected chi connectivity index (χ3v) is 2.57. The molecule has 1 fully saturated rings. The summed E-state index contributed by atoms with van der Waals surface area (Å²) in [6.45, 7) is 0.843. The number of nitrogens with two attached hydrogens (primary N) is 1. The fraction of sp³-hybridized carbons (Fsp3) is 0.778. The summed E-state index contributed by atoms with van der Waals surface area (Å²) < 4.78 is 46.3. The molecule has 1 saturated heterocycles. The van der Waals surface area contributed by atoms with Gasteiger partial charge in [-0.3, -0.25) is 0 Å². The third kappa shape index (κ3) is 3.16. The first-order valence-corrected chi connectivity index (χ1v) is 5.18. The molecule has 2 N–H and O–H groups in total. The smallest absolute Gasteiger partial charge is 0.381 e. The van der Waals surface area contributed by atoms with Gasteiger partial charge in [0.15, 0.2) is 5.82 Å². The summed E-state index contributed by atoms with van der Waals surface area (Å²) in [5.41, 5.74) is 5.82. The molecule has 2 atom stereocenters. The molecule has 8 heteroatoms. The Hall–Kier alpha value is -1.15. The van der Waals surface area contributed by atoms with Crippen molar-refractivity contribution in [1.29, 1.82) is 0 Å². The van der Waals surface area contributed by atoms with Crippen molar-refractivity contribution in [3.63, 3.8) is 0 Å². The molecule has 1 aliphatic heterocycles. The van der Waals surface area contributed by atoms with Crippen molar-refractivity contribution < 1.29 is 22.4 Å². The van der Waals surface area contributed by atoms with Gasteiger partial charge in [-0.15, -0.1) is 0 Å². The Balaban J connectivity index is 2.07. The molecule has 17 heavy (non-hydrogen) atoms. The number of nitrogens with zero attached hydrogens (tertiary/aromatic N) is 2. The summed E-state index contributed by atoms with van der Waals surface area (Å²) in [5, 5.41) is 3.29. The molecule has 0 spiro atoms. The highest BCUT2D eigenvalue weighted by Gasteiger charge is 2.33. The van der Waals surface area contributed by atoms with Crippen molar-refractivity contribution in [2.45, 2.75) is 31.0 Å². The summed E-state index contributed by atoms with van der Waals surface area (Å²) in [6.07, 6.45) is -4.91. The van der Waals surface area contributed by atoms with Crippen molar-refractivity contribution >= 4 is 0 Å². The highest BCUT2D eigenvalue weighted by molar-refractivity contribution is 5.00. The summed E-state index contributed by atoms with van der Waals surface area (Å²) in [6, 6.07) is -0.220. The van der Waals surface area contributed by atoms with E-state index in [1.54, 1.807) is 0 Å². The van der Waals surface area contributed by atoms with Gasteiger partial charge in [-0.25, -0.2) is 0 Å². The van der Waals surface area contributed by atoms with E-state index in [0.29, 0.717) is 19.6 Å². The Kier molecular flexibility index (Phi) is 3.34. The number of halogens is 3. The van der Waals surface area contributed by atoms with E-state index in [0.717, 1.165) is 0 Å². The predicted octanol–water partition coefficient (Wildman–Crippen LogP) is 1.01. The minimum absolute atomic E-state index is 0.122. The molecule has 2 heterocycles. The van der Waals surface area contributed by atoms with Crippen LogP contribution in [-0.2, 0) is 11.2 Å². The number of alkyl halides is 3. The third-order valence-electron chi connectivity index (χ3n) is 2.57. The van der Waals surface area contributed by atoms with Gasteiger partial charge in [-0.05, 0) is 6.42 Å². The second-order valence-corrected chi connectivity index (χ2v) is 3.97. The normalized spacial score (nSPS) is 26.1. The standard InChI is InChI=1S/C9H12F3N3O2/c10-9(11,12)3-7-14-8(17-15-7)5-4-16-2-1-6(5)13/h5-6H,1-4,13H2. The zero-order chi connectivity index (χ0) is 12.5. The quantitative estimate of drug-likeness (QED) is 0.848. The second kappa shape index (κ2) is 4.61. The van der Waals surface area contributed by atoms with E-state index in [2.05, 4.69) is 10.1 Å². The average molecular weight is 251 g/mol. The summed E-state index contributed by atoms with van der Waals surface area (Å²) >= 11 is 0. The molecular weight excluding hydrogens is 239 g/mol. The predicted molar refractivity (Wildman–Crippen MR) is 50.2 cm³/mol. The first-order chi connectivity index (χ1) is 7.96. The molecule has 1 aromatic rings. The zero-order valence-corrected chi connectivity index (χ0v) is 8.91. The van der Waals surface area contributed by atoms with Crippen molar-refractivity contribution in [2.75, 3.05) is 13.2 Å². The molecule has 0 saturated carbocycles. The van der Waals surface area contributed by atoms with Gasteiger partial charge in [0.1, 0.15) is 6.42 Å². The molecular formula is C9H12F3N3O2. The van der Waals surface area contributed by atoms with Gasteiger partial charge in [0, 0.05) is 12.6 Å². The van der Waals surface area contributed by atoms with Gasteiger partial charge in [0.05, 0.1) is 12.5 Å². The van der Waals surface area contributed by atoms with E-state index in [1.165, 1.54) is 0 Å². The molecule has 0 amide bonds. The molecule has 1 aliphatic rings. The first-order valence-electron chi connectivity index (χ1n) is 5.18. The molecule has 0 aliphatic carbocycles. The van der Waals surface area contributed by atoms with E-state index < -0.39 is 12.6 Å². The number of aromatic nitrogens is 2. The molecule has 96 valence electrons. The molecule has 2 rings (SSSR count). The van der Waals surface area contributed by atoms with Crippen molar-refractivity contribution in [2.24, 2.45) is 5.73 Å². The van der Waals surface area contributed by atoms with Crippen molar-refractivity contribution in [3.05, 3.63) is 11.7 Å². The SMILES string of the molecule is NC1CCOCC1c1nc(CC(F)(F)F)no1. The lowest BCUT2D eigenvalue weighted by atomic mass is 9.97. The number of hydrogen-bond donors (Lipinski definition) is 1. The van der Waals surface area contributed by atoms with Gasteiger partial charge in [-0.1, -0.05) is 5.16 Å². The van der Waals surface area contributed by atoms with Crippen LogP contribution in [0, 0.1) is 0 Å². The molecule has 0 radical (unpaired) electrons. The summed E-state index contributed by atoms with van der Waals surface area (Å²) in [5.74, 6) is -0.569. The van der Waals surface area contributed by atoms with Crippen LogP contribution in [0.15, 0.2) is 4.52 Å². The number of hydrogen-bond acceptors (Lipinski definition) is 5. The van der Waals surface area contributed by atoms with Gasteiger partial charge >= 0.3 is 6.18 Å². The maximum absolute atomic E-state index is 12.1. The van der Waals surface area contributed by atoms with E-state index in [-0.39, 0.29) is 23.7 Å². The first kappa shape index (κ1) is 12.3. The minimum Gasteiger partial charge on any atom is -0.381 e. The Morgan fingerprint density at radius 1 is 1.41 bits per heavy atom. The lowest BCUT2D eigenvalue weighted by Crippen LogP contribution is -2.37. The van der Waals surface area contributed by atoms with Crippen LogP contribution in [0.2, 0.25) is 0 Å². The number of ether oxygens (including phenoxy) is 1. The Labute approximate surface area is 95.1 Å². The van der Waals surface area contributed by atoms with Crippen LogP contribution in [0.25, 0.3) is 0 Å². The largest absolute Gasteiger partial charge is 0.396 e. The molecule has 2 unspecified atom stereocenters. The fourth-order valence-corrected chi connectivity index (χ4v) is 1.68. The van der Waals surface area contributed by atoms with E-state index in [4.69, 9.17) is 15.0 Å². The van der Waals surface area contributed by atoms with Crippen LogP contribution in [0.1, 0.15) is 24.1 Å². The maximum Gasteiger partial charge on any atom is 0.396 e. The Morgan fingerprint density at radius 3 is 2.82 bits per heavy atom. The van der Waals surface area contributed by atoms with E-state index >= 15 is 0 Å². The van der Waals surface area contributed by atoms with Gasteiger partial charge in [0.25, 0.3) is 0 Å². The monoisotopic (exact) mass is 251 g/mol. The van der Waals surface area contributed by atoms with Crippen LogP contribution in [0.5, 0.6) is 0 Å². The zero-order valence-electron chi connectivity index (χ0n) is 8.91. The second-order valence-electron chi connectivity index (χ2n) is 3.97. The maximum atomic E-state index is 12.1. The lowest BCUT2D eigenvalue weighted by Gasteiger charge is -2.25. The molecule has 0 bridgehead atoms. The van der Waals surface area contributed by atoms with Crippen molar-refractivity contribution in [3.8, 4) is 0 Å². The van der Waals surface area contributed by atoms with Crippen LogP contribution >= 0.6 is 0 Å². The van der Waals surface area contributed by atoms with Gasteiger partial charge in [0.2, 0.25) is 5.89 Å².